The first-order valence-electron chi connectivity index (χ1n) is 5.80. The van der Waals surface area contributed by atoms with Crippen LogP contribution in [0.2, 0.25) is 0 Å². The molecule has 2 rings (SSSR count). The number of carbonyl (C=O) groups excluding carboxylic acids is 1. The number of benzene rings is 2. The first kappa shape index (κ1) is 14.6. The van der Waals surface area contributed by atoms with Crippen molar-refractivity contribution in [1.82, 2.24) is 0 Å². The summed E-state index contributed by atoms with van der Waals surface area (Å²) in [5.74, 6) is 0.746. The third kappa shape index (κ3) is 4.35. The Morgan fingerprint density at radius 1 is 0.947 bits per heavy atom. The Bertz CT molecular complexity index is 553. The van der Waals surface area contributed by atoms with Crippen molar-refractivity contribution in [2.45, 2.75) is 6.92 Å². The molecule has 0 aliphatic carbocycles. The molecule has 4 heteroatoms. The second kappa shape index (κ2) is 7.06. The standard InChI is InChI=1S/C8H9NO.C7H9NO/c1-6(10)7-4-2-3-5-8(7)9;1-9-7-5-3-2-4-6(7)8/h2-5H,9H2,1H3;2-5H,8H2,1H3. The quantitative estimate of drug-likeness (QED) is 0.641. The maximum absolute atomic E-state index is 10.8. The first-order chi connectivity index (χ1) is 9.06. The Kier molecular flexibility index (Phi) is 5.41. The van der Waals surface area contributed by atoms with Crippen molar-refractivity contribution in [3.8, 4) is 5.75 Å². The molecule has 0 aromatic heterocycles. The Hall–Kier alpha value is -2.49. The molecule has 0 aliphatic rings. The zero-order valence-corrected chi connectivity index (χ0v) is 11.1. The predicted molar refractivity (Wildman–Crippen MR) is 78.3 cm³/mol. The summed E-state index contributed by atoms with van der Waals surface area (Å²) in [7, 11) is 1.60. The van der Waals surface area contributed by atoms with Gasteiger partial charge in [0.2, 0.25) is 0 Å². The second-order valence-corrected chi connectivity index (χ2v) is 3.89. The molecule has 4 N–H and O–H groups in total. The van der Waals surface area contributed by atoms with Gasteiger partial charge in [-0.2, -0.15) is 0 Å². The van der Waals surface area contributed by atoms with Crippen LogP contribution in [0.25, 0.3) is 0 Å². The summed E-state index contributed by atoms with van der Waals surface area (Å²) in [6, 6.07) is 14.4. The molecule has 0 saturated heterocycles. The molecule has 0 atom stereocenters. The summed E-state index contributed by atoms with van der Waals surface area (Å²) in [4.78, 5) is 10.8. The fourth-order valence-corrected chi connectivity index (χ4v) is 1.48. The van der Waals surface area contributed by atoms with Gasteiger partial charge in [0.15, 0.2) is 5.78 Å². The molecule has 0 amide bonds. The van der Waals surface area contributed by atoms with Crippen molar-refractivity contribution < 1.29 is 9.53 Å². The van der Waals surface area contributed by atoms with Crippen LogP contribution in [0.15, 0.2) is 48.5 Å². The Labute approximate surface area is 113 Å². The number of nitrogens with two attached hydrogens (primary N) is 2. The molecule has 2 aromatic carbocycles. The average molecular weight is 258 g/mol. The number of nitrogen functional groups attached to an aromatic ring is 2. The number of ketones is 1. The molecule has 0 bridgehead atoms. The van der Waals surface area contributed by atoms with Crippen LogP contribution in [0, 0.1) is 0 Å². The van der Waals surface area contributed by atoms with Gasteiger partial charge in [0.1, 0.15) is 5.75 Å². The van der Waals surface area contributed by atoms with Crippen LogP contribution in [-0.4, -0.2) is 12.9 Å². The SMILES string of the molecule is CC(=O)c1ccccc1N.COc1ccccc1N. The summed E-state index contributed by atoms with van der Waals surface area (Å²) >= 11 is 0. The zero-order valence-electron chi connectivity index (χ0n) is 11.1. The van der Waals surface area contributed by atoms with Crippen molar-refractivity contribution in [2.24, 2.45) is 0 Å². The van der Waals surface area contributed by atoms with Crippen molar-refractivity contribution in [3.63, 3.8) is 0 Å². The highest BCUT2D eigenvalue weighted by Crippen LogP contribution is 2.18. The molecule has 0 spiro atoms. The summed E-state index contributed by atoms with van der Waals surface area (Å²) in [5, 5.41) is 0. The van der Waals surface area contributed by atoms with Gasteiger partial charge in [-0.15, -0.1) is 0 Å². The van der Waals surface area contributed by atoms with E-state index in [1.54, 1.807) is 31.4 Å². The Balaban J connectivity index is 0.000000191. The molecule has 2 aromatic rings. The predicted octanol–water partition coefficient (Wildman–Crippen LogP) is 2.75. The number of anilines is 2. The van der Waals surface area contributed by atoms with E-state index in [1.165, 1.54) is 6.92 Å². The number of hydrogen-bond donors (Lipinski definition) is 2. The van der Waals surface area contributed by atoms with E-state index < -0.39 is 0 Å². The number of rotatable bonds is 2. The van der Waals surface area contributed by atoms with E-state index in [4.69, 9.17) is 16.2 Å². The second-order valence-electron chi connectivity index (χ2n) is 3.89. The van der Waals surface area contributed by atoms with Crippen LogP contribution in [0.3, 0.4) is 0 Å². The van der Waals surface area contributed by atoms with Crippen LogP contribution in [-0.2, 0) is 0 Å². The summed E-state index contributed by atoms with van der Waals surface area (Å²) in [6.07, 6.45) is 0. The minimum absolute atomic E-state index is 0.0121. The Morgan fingerprint density at radius 3 is 1.84 bits per heavy atom. The van der Waals surface area contributed by atoms with Gasteiger partial charge in [-0.3, -0.25) is 4.79 Å². The van der Waals surface area contributed by atoms with Gasteiger partial charge in [0.25, 0.3) is 0 Å². The molecule has 0 unspecified atom stereocenters. The van der Waals surface area contributed by atoms with Crippen molar-refractivity contribution in [2.75, 3.05) is 18.6 Å². The smallest absolute Gasteiger partial charge is 0.161 e. The van der Waals surface area contributed by atoms with E-state index in [1.807, 2.05) is 24.3 Å². The minimum atomic E-state index is 0.0121. The van der Waals surface area contributed by atoms with Gasteiger partial charge >= 0.3 is 0 Å². The van der Waals surface area contributed by atoms with E-state index in [9.17, 15) is 4.79 Å². The van der Waals surface area contributed by atoms with Gasteiger partial charge in [-0.05, 0) is 31.2 Å². The fourth-order valence-electron chi connectivity index (χ4n) is 1.48. The lowest BCUT2D eigenvalue weighted by molar-refractivity contribution is 0.101. The average Bonchev–Trinajstić information content (AvgIpc) is 2.40. The van der Waals surface area contributed by atoms with Crippen molar-refractivity contribution >= 4 is 17.2 Å². The fraction of sp³-hybridized carbons (Fsp3) is 0.133. The topological polar surface area (TPSA) is 78.3 Å². The van der Waals surface area contributed by atoms with Crippen LogP contribution >= 0.6 is 0 Å². The van der Waals surface area contributed by atoms with Crippen LogP contribution in [0.4, 0.5) is 11.4 Å². The number of ether oxygens (including phenoxy) is 1. The summed E-state index contributed by atoms with van der Waals surface area (Å²) in [6.45, 7) is 1.51. The third-order valence-electron chi connectivity index (χ3n) is 2.48. The summed E-state index contributed by atoms with van der Waals surface area (Å²) in [5.41, 5.74) is 12.8. The lowest BCUT2D eigenvalue weighted by Gasteiger charge is -2.00. The number of hydrogen-bond acceptors (Lipinski definition) is 4. The van der Waals surface area contributed by atoms with E-state index in [0.717, 1.165) is 5.75 Å². The van der Waals surface area contributed by atoms with E-state index in [-0.39, 0.29) is 5.78 Å². The van der Waals surface area contributed by atoms with E-state index in [2.05, 4.69) is 0 Å². The number of carbonyl (C=O) groups is 1. The number of para-hydroxylation sites is 3. The first-order valence-corrected chi connectivity index (χ1v) is 5.80. The highest BCUT2D eigenvalue weighted by molar-refractivity contribution is 5.98. The molecule has 0 aliphatic heterocycles. The summed E-state index contributed by atoms with van der Waals surface area (Å²) < 4.78 is 4.92. The monoisotopic (exact) mass is 258 g/mol. The Morgan fingerprint density at radius 2 is 1.47 bits per heavy atom. The minimum Gasteiger partial charge on any atom is -0.495 e. The zero-order chi connectivity index (χ0) is 14.3. The molecule has 19 heavy (non-hydrogen) atoms. The van der Waals surface area contributed by atoms with E-state index in [0.29, 0.717) is 16.9 Å². The largest absolute Gasteiger partial charge is 0.495 e. The lowest BCUT2D eigenvalue weighted by atomic mass is 10.1. The molecule has 4 nitrogen and oxygen atoms in total. The molecule has 0 fully saturated rings. The third-order valence-corrected chi connectivity index (χ3v) is 2.48. The van der Waals surface area contributed by atoms with E-state index >= 15 is 0 Å². The number of Topliss-reactive ketones (excluding diaryl/α,β-unsaturated/α-hetero) is 1. The van der Waals surface area contributed by atoms with Crippen LogP contribution < -0.4 is 16.2 Å². The van der Waals surface area contributed by atoms with Crippen LogP contribution in [0.5, 0.6) is 5.75 Å². The lowest BCUT2D eigenvalue weighted by Crippen LogP contribution is -1.97. The molecular weight excluding hydrogens is 240 g/mol. The molecule has 0 heterocycles. The van der Waals surface area contributed by atoms with Crippen molar-refractivity contribution in [1.29, 1.82) is 0 Å². The molecule has 100 valence electrons. The maximum Gasteiger partial charge on any atom is 0.161 e. The van der Waals surface area contributed by atoms with Gasteiger partial charge in [-0.1, -0.05) is 24.3 Å². The van der Waals surface area contributed by atoms with Crippen molar-refractivity contribution in [3.05, 3.63) is 54.1 Å². The molecule has 0 radical (unpaired) electrons. The molecule has 0 saturated carbocycles. The van der Waals surface area contributed by atoms with Crippen LogP contribution in [0.1, 0.15) is 17.3 Å². The highest BCUT2D eigenvalue weighted by atomic mass is 16.5. The van der Waals surface area contributed by atoms with Gasteiger partial charge in [0, 0.05) is 11.3 Å². The maximum atomic E-state index is 10.8. The van der Waals surface area contributed by atoms with Gasteiger partial charge in [0.05, 0.1) is 12.8 Å². The number of methoxy groups -OCH3 is 1. The van der Waals surface area contributed by atoms with Gasteiger partial charge < -0.3 is 16.2 Å². The highest BCUT2D eigenvalue weighted by Gasteiger charge is 2.00. The normalized spacial score (nSPS) is 9.16. The molecular formula is C15H18N2O2. The van der Waals surface area contributed by atoms with Gasteiger partial charge in [-0.25, -0.2) is 0 Å².